The molecule has 0 spiro atoms. The first-order valence-corrected chi connectivity index (χ1v) is 5.56. The van der Waals surface area contributed by atoms with Crippen LogP contribution in [0.5, 0.6) is 0 Å². The molecule has 0 aliphatic heterocycles. The van der Waals surface area contributed by atoms with Crippen LogP contribution < -0.4 is 0 Å². The normalized spacial score (nSPS) is 43.4. The predicted octanol–water partition coefficient (Wildman–Crippen LogP) is 3.50. The van der Waals surface area contributed by atoms with Gasteiger partial charge in [0.1, 0.15) is 0 Å². The highest BCUT2D eigenvalue weighted by Crippen LogP contribution is 2.47. The van der Waals surface area contributed by atoms with Crippen LogP contribution in [0.4, 0.5) is 0 Å². The van der Waals surface area contributed by atoms with Crippen molar-refractivity contribution in [1.82, 2.24) is 0 Å². The van der Waals surface area contributed by atoms with Gasteiger partial charge in [0.05, 0.1) is 0 Å². The largest absolute Gasteiger partial charge is 0.0808 e. The second-order valence-corrected chi connectivity index (χ2v) is 4.76. The monoisotopic (exact) mass is 184 g/mol. The van der Waals surface area contributed by atoms with E-state index in [2.05, 4.69) is 49.5 Å². The van der Waals surface area contributed by atoms with Crippen LogP contribution in [-0.2, 0) is 0 Å². The van der Waals surface area contributed by atoms with Gasteiger partial charge in [0.2, 0.25) is 0 Å². The van der Waals surface area contributed by atoms with E-state index in [1.807, 2.05) is 0 Å². The van der Waals surface area contributed by atoms with E-state index in [4.69, 9.17) is 0 Å². The summed E-state index contributed by atoms with van der Waals surface area (Å²) in [6.45, 7) is 2.21. The third-order valence-corrected chi connectivity index (χ3v) is 3.84. The van der Waals surface area contributed by atoms with Gasteiger partial charge in [-0.1, -0.05) is 48.1 Å². The summed E-state index contributed by atoms with van der Waals surface area (Å²) in [5.74, 6) is 3.12. The number of allylic oxidation sites excluding steroid dienone is 8. The summed E-state index contributed by atoms with van der Waals surface area (Å²) in [6.07, 6.45) is 17.7. The molecule has 72 valence electrons. The molecule has 0 amide bonds. The van der Waals surface area contributed by atoms with E-state index in [9.17, 15) is 0 Å². The van der Waals surface area contributed by atoms with Crippen molar-refractivity contribution < 1.29 is 0 Å². The summed E-state index contributed by atoms with van der Waals surface area (Å²) >= 11 is 0. The summed E-state index contributed by atoms with van der Waals surface area (Å²) in [5, 5.41) is 0. The molecule has 0 heterocycles. The van der Waals surface area contributed by atoms with Gasteiger partial charge in [-0.05, 0) is 37.0 Å². The fourth-order valence-corrected chi connectivity index (χ4v) is 3.18. The summed E-state index contributed by atoms with van der Waals surface area (Å²) < 4.78 is 0. The molecule has 0 nitrogen and oxygen atoms in total. The molecule has 3 aliphatic carbocycles. The number of hydrogen-bond acceptors (Lipinski definition) is 0. The first-order chi connectivity index (χ1) is 6.84. The SMILES string of the molecule is CC1=CC2CC3C=CC=CC3C2C=C1. The molecule has 0 saturated heterocycles. The quantitative estimate of drug-likeness (QED) is 0.540. The van der Waals surface area contributed by atoms with Gasteiger partial charge in [-0.3, -0.25) is 0 Å². The van der Waals surface area contributed by atoms with Crippen LogP contribution >= 0.6 is 0 Å². The third-order valence-electron chi connectivity index (χ3n) is 3.84. The Hall–Kier alpha value is -1.04. The lowest BCUT2D eigenvalue weighted by molar-refractivity contribution is 0.459. The Labute approximate surface area is 85.7 Å². The average molecular weight is 184 g/mol. The van der Waals surface area contributed by atoms with Crippen molar-refractivity contribution in [3.63, 3.8) is 0 Å². The maximum Gasteiger partial charge on any atom is -0.00981 e. The lowest BCUT2D eigenvalue weighted by atomic mass is 9.82. The van der Waals surface area contributed by atoms with Gasteiger partial charge < -0.3 is 0 Å². The zero-order valence-electron chi connectivity index (χ0n) is 8.56. The van der Waals surface area contributed by atoms with E-state index in [1.165, 1.54) is 12.0 Å². The fraction of sp³-hybridized carbons (Fsp3) is 0.429. The molecule has 0 radical (unpaired) electrons. The maximum atomic E-state index is 2.46. The molecule has 0 aromatic carbocycles. The van der Waals surface area contributed by atoms with Crippen molar-refractivity contribution in [3.05, 3.63) is 48.1 Å². The molecular formula is C14H16. The molecular weight excluding hydrogens is 168 g/mol. The molecule has 0 aromatic heterocycles. The highest BCUT2D eigenvalue weighted by atomic mass is 14.4. The Morgan fingerprint density at radius 3 is 2.71 bits per heavy atom. The summed E-state index contributed by atoms with van der Waals surface area (Å²) in [6, 6.07) is 0. The first kappa shape index (κ1) is 8.28. The van der Waals surface area contributed by atoms with Crippen LogP contribution in [0, 0.1) is 23.7 Å². The molecule has 1 fully saturated rings. The van der Waals surface area contributed by atoms with Gasteiger partial charge in [0.25, 0.3) is 0 Å². The molecule has 0 N–H and O–H groups in total. The van der Waals surface area contributed by atoms with Crippen molar-refractivity contribution in [3.8, 4) is 0 Å². The Kier molecular flexibility index (Phi) is 1.76. The second-order valence-electron chi connectivity index (χ2n) is 4.76. The molecule has 3 aliphatic rings. The fourth-order valence-electron chi connectivity index (χ4n) is 3.18. The highest BCUT2D eigenvalue weighted by molar-refractivity contribution is 5.30. The Balaban J connectivity index is 1.94. The van der Waals surface area contributed by atoms with Crippen molar-refractivity contribution >= 4 is 0 Å². The van der Waals surface area contributed by atoms with Gasteiger partial charge >= 0.3 is 0 Å². The van der Waals surface area contributed by atoms with Gasteiger partial charge in [-0.2, -0.15) is 0 Å². The van der Waals surface area contributed by atoms with Gasteiger partial charge in [0.15, 0.2) is 0 Å². The molecule has 4 unspecified atom stereocenters. The first-order valence-electron chi connectivity index (χ1n) is 5.56. The minimum absolute atomic E-state index is 0.768. The van der Waals surface area contributed by atoms with Crippen LogP contribution in [0.2, 0.25) is 0 Å². The summed E-state index contributed by atoms with van der Waals surface area (Å²) in [4.78, 5) is 0. The Morgan fingerprint density at radius 2 is 1.79 bits per heavy atom. The minimum Gasteiger partial charge on any atom is -0.0808 e. The Morgan fingerprint density at radius 1 is 1.00 bits per heavy atom. The standard InChI is InChI=1S/C14H16/c1-10-6-7-14-12(8-10)9-11-4-2-3-5-13(11)14/h2-8,11-14H,9H2,1H3. The van der Waals surface area contributed by atoms with E-state index in [0.717, 1.165) is 23.7 Å². The lowest BCUT2D eigenvalue weighted by Crippen LogP contribution is -2.15. The van der Waals surface area contributed by atoms with Crippen LogP contribution in [-0.4, -0.2) is 0 Å². The van der Waals surface area contributed by atoms with Crippen molar-refractivity contribution in [1.29, 1.82) is 0 Å². The van der Waals surface area contributed by atoms with Crippen LogP contribution in [0.3, 0.4) is 0 Å². The van der Waals surface area contributed by atoms with Gasteiger partial charge in [-0.15, -0.1) is 0 Å². The van der Waals surface area contributed by atoms with E-state index in [-0.39, 0.29) is 0 Å². The topological polar surface area (TPSA) is 0 Å². The van der Waals surface area contributed by atoms with Gasteiger partial charge in [-0.25, -0.2) is 0 Å². The molecule has 3 rings (SSSR count). The van der Waals surface area contributed by atoms with E-state index >= 15 is 0 Å². The van der Waals surface area contributed by atoms with Crippen molar-refractivity contribution in [2.45, 2.75) is 13.3 Å². The average Bonchev–Trinajstić information content (AvgIpc) is 2.54. The van der Waals surface area contributed by atoms with Crippen LogP contribution in [0.25, 0.3) is 0 Å². The van der Waals surface area contributed by atoms with E-state index in [0.29, 0.717) is 0 Å². The molecule has 0 bridgehead atoms. The van der Waals surface area contributed by atoms with Crippen molar-refractivity contribution in [2.24, 2.45) is 23.7 Å². The molecule has 14 heavy (non-hydrogen) atoms. The maximum absolute atomic E-state index is 2.46. The van der Waals surface area contributed by atoms with Crippen molar-refractivity contribution in [2.75, 3.05) is 0 Å². The molecule has 0 heteroatoms. The van der Waals surface area contributed by atoms with Gasteiger partial charge in [0, 0.05) is 0 Å². The zero-order valence-corrected chi connectivity index (χ0v) is 8.56. The Bertz CT molecular complexity index is 354. The minimum atomic E-state index is 0.768. The lowest BCUT2D eigenvalue weighted by Gasteiger charge is -2.23. The number of fused-ring (bicyclic) bond motifs is 3. The smallest absolute Gasteiger partial charge is 0.00981 e. The summed E-state index contributed by atoms with van der Waals surface area (Å²) in [7, 11) is 0. The van der Waals surface area contributed by atoms with Crippen LogP contribution in [0.15, 0.2) is 48.1 Å². The zero-order chi connectivity index (χ0) is 9.54. The highest BCUT2D eigenvalue weighted by Gasteiger charge is 2.39. The number of hydrogen-bond donors (Lipinski definition) is 0. The molecule has 0 aromatic rings. The van der Waals surface area contributed by atoms with Crippen LogP contribution in [0.1, 0.15) is 13.3 Å². The van der Waals surface area contributed by atoms with E-state index < -0.39 is 0 Å². The number of rotatable bonds is 0. The predicted molar refractivity (Wildman–Crippen MR) is 59.8 cm³/mol. The third kappa shape index (κ3) is 1.13. The molecule has 1 saturated carbocycles. The second kappa shape index (κ2) is 2.98. The van der Waals surface area contributed by atoms with E-state index in [1.54, 1.807) is 0 Å². The summed E-state index contributed by atoms with van der Waals surface area (Å²) in [5.41, 5.74) is 1.44. The molecule has 4 atom stereocenters.